The number of benzene rings is 1. The fraction of sp³-hybridized carbons (Fsp3) is 0.308. The van der Waals surface area contributed by atoms with Gasteiger partial charge in [0.2, 0.25) is 5.91 Å². The van der Waals surface area contributed by atoms with Gasteiger partial charge in [-0.1, -0.05) is 28.7 Å². The van der Waals surface area contributed by atoms with Gasteiger partial charge in [0.05, 0.1) is 10.5 Å². The van der Waals surface area contributed by atoms with Crippen LogP contribution in [0.2, 0.25) is 0 Å². The highest BCUT2D eigenvalue weighted by Crippen LogP contribution is 2.33. The van der Waals surface area contributed by atoms with Gasteiger partial charge < -0.3 is 4.90 Å². The van der Waals surface area contributed by atoms with Crippen LogP contribution in [0.15, 0.2) is 28.7 Å². The van der Waals surface area contributed by atoms with Crippen LogP contribution >= 0.6 is 38.5 Å². The smallest absolute Gasteiger partial charge is 0.256 e. The summed E-state index contributed by atoms with van der Waals surface area (Å²) in [6, 6.07) is 3.96. The number of allylic oxidation sites excluding steroid dienone is 1. The van der Waals surface area contributed by atoms with E-state index in [9.17, 15) is 18.0 Å². The molecule has 7 heteroatoms. The molecule has 2 rings (SSSR count). The van der Waals surface area contributed by atoms with Crippen LogP contribution in [0, 0.1) is 5.82 Å². The summed E-state index contributed by atoms with van der Waals surface area (Å²) in [5.74, 6) is -0.782. The van der Waals surface area contributed by atoms with Gasteiger partial charge in [-0.05, 0) is 40.5 Å². The largest absolute Gasteiger partial charge is 0.305 e. The lowest BCUT2D eigenvalue weighted by molar-refractivity contribution is -0.128. The molecule has 0 saturated carbocycles. The number of hydrogen-bond donors (Lipinski definition) is 0. The zero-order valence-electron chi connectivity index (χ0n) is 10.1. The monoisotopic (exact) mass is 459 g/mol. The number of carbonyl (C=O) groups excluding carboxylic acids is 1. The summed E-state index contributed by atoms with van der Waals surface area (Å²) in [5.41, 5.74) is 0.929. The molecule has 108 valence electrons. The summed E-state index contributed by atoms with van der Waals surface area (Å²) in [7, 11) is 0. The van der Waals surface area contributed by atoms with Crippen molar-refractivity contribution in [3.05, 3.63) is 40.1 Å². The quantitative estimate of drug-likeness (QED) is 0.489. The van der Waals surface area contributed by atoms with Crippen molar-refractivity contribution < 1.29 is 18.0 Å². The van der Waals surface area contributed by atoms with E-state index in [0.717, 1.165) is 4.90 Å². The molecule has 0 radical (unpaired) electrons. The maximum Gasteiger partial charge on any atom is 0.256 e. The predicted octanol–water partition coefficient (Wildman–Crippen LogP) is 4.23. The van der Waals surface area contributed by atoms with Crippen molar-refractivity contribution in [3.63, 3.8) is 0 Å². The molecule has 1 aromatic rings. The fourth-order valence-corrected chi connectivity index (χ4v) is 3.14. The van der Waals surface area contributed by atoms with Gasteiger partial charge in [0, 0.05) is 15.7 Å². The SMILES string of the molecule is O=C1C(I)CC=C(c2ccc(F)cc2Br)N1CC(F)F. The third kappa shape index (κ3) is 3.36. The molecular formula is C13H10BrF3INO. The Kier molecular flexibility index (Phi) is 5.11. The lowest BCUT2D eigenvalue weighted by Gasteiger charge is -2.31. The number of hydrogen-bond acceptors (Lipinski definition) is 1. The predicted molar refractivity (Wildman–Crippen MR) is 82.2 cm³/mol. The first-order valence-corrected chi connectivity index (χ1v) is 7.83. The second kappa shape index (κ2) is 6.46. The third-order valence-electron chi connectivity index (χ3n) is 2.87. The second-order valence-electron chi connectivity index (χ2n) is 4.26. The van der Waals surface area contributed by atoms with Crippen molar-refractivity contribution in [1.29, 1.82) is 0 Å². The number of amides is 1. The van der Waals surface area contributed by atoms with Crippen LogP contribution in [0.25, 0.3) is 5.70 Å². The van der Waals surface area contributed by atoms with Crippen LogP contribution < -0.4 is 0 Å². The normalized spacial score (nSPS) is 19.5. The lowest BCUT2D eigenvalue weighted by Crippen LogP contribution is -2.40. The average molecular weight is 460 g/mol. The van der Waals surface area contributed by atoms with Gasteiger partial charge in [-0.2, -0.15) is 0 Å². The molecule has 1 unspecified atom stereocenters. The van der Waals surface area contributed by atoms with Crippen molar-refractivity contribution in [1.82, 2.24) is 4.90 Å². The second-order valence-corrected chi connectivity index (χ2v) is 6.61. The molecule has 0 N–H and O–H groups in total. The zero-order chi connectivity index (χ0) is 14.9. The molecule has 1 aromatic carbocycles. The molecule has 0 aromatic heterocycles. The third-order valence-corrected chi connectivity index (χ3v) is 4.57. The van der Waals surface area contributed by atoms with E-state index in [4.69, 9.17) is 0 Å². The Morgan fingerprint density at radius 1 is 1.45 bits per heavy atom. The van der Waals surface area contributed by atoms with Gasteiger partial charge in [-0.15, -0.1) is 0 Å². The van der Waals surface area contributed by atoms with Gasteiger partial charge in [0.15, 0.2) is 0 Å². The molecule has 0 fully saturated rings. The van der Waals surface area contributed by atoms with E-state index in [0.29, 0.717) is 22.2 Å². The minimum Gasteiger partial charge on any atom is -0.305 e. The van der Waals surface area contributed by atoms with E-state index in [-0.39, 0.29) is 9.83 Å². The lowest BCUT2D eigenvalue weighted by atomic mass is 10.0. The first-order valence-electron chi connectivity index (χ1n) is 5.79. The highest BCUT2D eigenvalue weighted by atomic mass is 127. The first-order chi connectivity index (χ1) is 9.40. The van der Waals surface area contributed by atoms with Crippen LogP contribution in [-0.4, -0.2) is 27.7 Å². The van der Waals surface area contributed by atoms with E-state index in [1.54, 1.807) is 6.08 Å². The minimum atomic E-state index is -2.62. The van der Waals surface area contributed by atoms with Crippen molar-refractivity contribution in [3.8, 4) is 0 Å². The first kappa shape index (κ1) is 15.8. The number of nitrogens with zero attached hydrogens (tertiary/aromatic N) is 1. The van der Waals surface area contributed by atoms with Crippen molar-refractivity contribution in [2.75, 3.05) is 6.54 Å². The van der Waals surface area contributed by atoms with Gasteiger partial charge in [0.25, 0.3) is 6.43 Å². The molecule has 0 spiro atoms. The van der Waals surface area contributed by atoms with Crippen molar-refractivity contribution in [2.45, 2.75) is 16.8 Å². The van der Waals surface area contributed by atoms with E-state index in [1.165, 1.54) is 18.2 Å². The molecule has 1 aliphatic rings. The molecule has 0 saturated heterocycles. The fourth-order valence-electron chi connectivity index (χ4n) is 1.99. The number of alkyl halides is 3. The Bertz CT molecular complexity index is 565. The molecule has 20 heavy (non-hydrogen) atoms. The highest BCUT2D eigenvalue weighted by molar-refractivity contribution is 14.1. The molecule has 1 aliphatic heterocycles. The van der Waals surface area contributed by atoms with Crippen LogP contribution in [-0.2, 0) is 4.79 Å². The van der Waals surface area contributed by atoms with Crippen LogP contribution in [0.4, 0.5) is 13.2 Å². The van der Waals surface area contributed by atoms with Crippen molar-refractivity contribution >= 4 is 50.1 Å². The van der Waals surface area contributed by atoms with Gasteiger partial charge in [-0.3, -0.25) is 4.79 Å². The Balaban J connectivity index is 2.43. The standard InChI is InChI=1S/C13H10BrF3INO/c14-9-5-7(15)1-2-8(9)11-4-3-10(18)13(20)19(11)6-12(16)17/h1-2,4-5,10,12H,3,6H2. The summed E-state index contributed by atoms with van der Waals surface area (Å²) in [4.78, 5) is 13.2. The maximum atomic E-state index is 13.1. The summed E-state index contributed by atoms with van der Waals surface area (Å²) >= 11 is 5.14. The highest BCUT2D eigenvalue weighted by Gasteiger charge is 2.31. The number of rotatable bonds is 3. The summed E-state index contributed by atoms with van der Waals surface area (Å²) in [5, 5.41) is 0. The van der Waals surface area contributed by atoms with Gasteiger partial charge in [-0.25, -0.2) is 13.2 Å². The van der Waals surface area contributed by atoms with Crippen LogP contribution in [0.5, 0.6) is 0 Å². The summed E-state index contributed by atoms with van der Waals surface area (Å²) < 4.78 is 38.5. The average Bonchev–Trinajstić information content (AvgIpc) is 2.36. The molecule has 0 aliphatic carbocycles. The Labute approximate surface area is 136 Å². The van der Waals surface area contributed by atoms with E-state index < -0.39 is 18.8 Å². The van der Waals surface area contributed by atoms with Crippen LogP contribution in [0.3, 0.4) is 0 Å². The molecule has 2 nitrogen and oxygen atoms in total. The molecule has 1 heterocycles. The van der Waals surface area contributed by atoms with E-state index in [2.05, 4.69) is 15.9 Å². The number of carbonyl (C=O) groups is 1. The van der Waals surface area contributed by atoms with Crippen molar-refractivity contribution in [2.24, 2.45) is 0 Å². The maximum absolute atomic E-state index is 13.1. The number of halogens is 5. The van der Waals surface area contributed by atoms with E-state index in [1.807, 2.05) is 22.6 Å². The molecular weight excluding hydrogens is 450 g/mol. The Morgan fingerprint density at radius 2 is 2.15 bits per heavy atom. The van der Waals surface area contributed by atoms with Gasteiger partial charge >= 0.3 is 0 Å². The topological polar surface area (TPSA) is 20.3 Å². The minimum absolute atomic E-state index is 0.348. The Hall–Kier alpha value is -0.570. The molecule has 1 amide bonds. The molecule has 0 bridgehead atoms. The van der Waals surface area contributed by atoms with Crippen LogP contribution in [0.1, 0.15) is 12.0 Å². The van der Waals surface area contributed by atoms with Gasteiger partial charge in [0.1, 0.15) is 5.82 Å². The summed E-state index contributed by atoms with van der Waals surface area (Å²) in [6.45, 7) is -0.659. The Morgan fingerprint density at radius 3 is 2.75 bits per heavy atom. The van der Waals surface area contributed by atoms with E-state index >= 15 is 0 Å². The molecule has 1 atom stereocenters. The summed E-state index contributed by atoms with van der Waals surface area (Å²) in [6.07, 6.45) is -0.416. The zero-order valence-corrected chi connectivity index (χ0v) is 13.9.